The predicted octanol–water partition coefficient (Wildman–Crippen LogP) is 2.35. The van der Waals surface area contributed by atoms with Gasteiger partial charge in [0.2, 0.25) is 10.0 Å². The minimum absolute atomic E-state index is 0.00761. The molecule has 2 aromatic carbocycles. The second-order valence-corrected chi connectivity index (χ2v) is 7.99. The summed E-state index contributed by atoms with van der Waals surface area (Å²) in [4.78, 5) is 2.26. The fourth-order valence-corrected chi connectivity index (χ4v) is 5.07. The first kappa shape index (κ1) is 13.9. The van der Waals surface area contributed by atoms with Crippen molar-refractivity contribution in [3.63, 3.8) is 0 Å². The largest absolute Gasteiger partial charge is 0.277 e. The molecule has 2 aromatic rings. The van der Waals surface area contributed by atoms with Gasteiger partial charge in [0.15, 0.2) is 0 Å². The van der Waals surface area contributed by atoms with Crippen LogP contribution in [0.3, 0.4) is 0 Å². The Balaban J connectivity index is 1.61. The fraction of sp³-hybridized carbons (Fsp3) is 0.294. The molecule has 4 nitrogen and oxygen atoms in total. The highest BCUT2D eigenvalue weighted by atomic mass is 32.2. The highest BCUT2D eigenvalue weighted by Gasteiger charge is 2.41. The SMILES string of the molecule is O=S1(=O)CC2c3ccccc3CN2CN1Cc1ccccc1. The van der Waals surface area contributed by atoms with Gasteiger partial charge in [-0.3, -0.25) is 4.90 Å². The first-order valence-electron chi connectivity index (χ1n) is 7.47. The summed E-state index contributed by atoms with van der Waals surface area (Å²) in [6.45, 7) is 1.75. The van der Waals surface area contributed by atoms with E-state index in [9.17, 15) is 8.42 Å². The molecule has 0 aromatic heterocycles. The fourth-order valence-electron chi connectivity index (χ4n) is 3.40. The molecule has 1 fully saturated rings. The van der Waals surface area contributed by atoms with Gasteiger partial charge in [-0.15, -0.1) is 0 Å². The Morgan fingerprint density at radius 2 is 1.73 bits per heavy atom. The van der Waals surface area contributed by atoms with Gasteiger partial charge in [0, 0.05) is 13.1 Å². The monoisotopic (exact) mass is 314 g/mol. The Morgan fingerprint density at radius 1 is 1.00 bits per heavy atom. The number of hydrogen-bond donors (Lipinski definition) is 0. The summed E-state index contributed by atoms with van der Waals surface area (Å²) in [5.41, 5.74) is 3.45. The van der Waals surface area contributed by atoms with Gasteiger partial charge < -0.3 is 0 Å². The first-order valence-corrected chi connectivity index (χ1v) is 9.08. The lowest BCUT2D eigenvalue weighted by Gasteiger charge is -2.37. The number of hydrogen-bond acceptors (Lipinski definition) is 3. The molecule has 0 amide bonds. The van der Waals surface area contributed by atoms with Crippen LogP contribution >= 0.6 is 0 Å². The number of sulfonamides is 1. The summed E-state index contributed by atoms with van der Waals surface area (Å²) in [5.74, 6) is 0.177. The molecule has 114 valence electrons. The third-order valence-electron chi connectivity index (χ3n) is 4.53. The zero-order chi connectivity index (χ0) is 15.2. The Kier molecular flexibility index (Phi) is 3.29. The zero-order valence-corrected chi connectivity index (χ0v) is 13.0. The Labute approximate surface area is 131 Å². The van der Waals surface area contributed by atoms with Crippen LogP contribution in [0, 0.1) is 0 Å². The van der Waals surface area contributed by atoms with E-state index in [1.807, 2.05) is 42.5 Å². The lowest BCUT2D eigenvalue weighted by Crippen LogP contribution is -2.49. The van der Waals surface area contributed by atoms with E-state index < -0.39 is 10.0 Å². The van der Waals surface area contributed by atoms with Crippen LogP contribution in [-0.4, -0.2) is 30.0 Å². The van der Waals surface area contributed by atoms with Crippen molar-refractivity contribution in [2.24, 2.45) is 0 Å². The molecule has 0 bridgehead atoms. The Morgan fingerprint density at radius 3 is 2.55 bits per heavy atom. The second-order valence-electron chi connectivity index (χ2n) is 5.98. The average Bonchev–Trinajstić information content (AvgIpc) is 2.85. The lowest BCUT2D eigenvalue weighted by atomic mass is 10.1. The molecule has 1 saturated heterocycles. The molecule has 2 aliphatic rings. The molecule has 2 aliphatic heterocycles. The highest BCUT2D eigenvalue weighted by Crippen LogP contribution is 2.38. The maximum atomic E-state index is 12.6. The molecule has 0 aliphatic carbocycles. The molecule has 5 heteroatoms. The van der Waals surface area contributed by atoms with E-state index in [4.69, 9.17) is 0 Å². The molecule has 2 heterocycles. The molecule has 1 atom stereocenters. The average molecular weight is 314 g/mol. The molecular weight excluding hydrogens is 296 g/mol. The van der Waals surface area contributed by atoms with Crippen molar-refractivity contribution in [2.75, 3.05) is 12.4 Å². The normalized spacial score (nSPS) is 23.9. The van der Waals surface area contributed by atoms with Gasteiger partial charge in [-0.05, 0) is 16.7 Å². The number of rotatable bonds is 2. The summed E-state index contributed by atoms with van der Waals surface area (Å²) >= 11 is 0. The van der Waals surface area contributed by atoms with Crippen molar-refractivity contribution in [2.45, 2.75) is 19.1 Å². The smallest absolute Gasteiger partial charge is 0.217 e. The molecule has 4 rings (SSSR count). The van der Waals surface area contributed by atoms with Gasteiger partial charge in [0.25, 0.3) is 0 Å². The predicted molar refractivity (Wildman–Crippen MR) is 85.4 cm³/mol. The number of fused-ring (bicyclic) bond motifs is 3. The van der Waals surface area contributed by atoms with E-state index in [1.54, 1.807) is 4.31 Å². The quantitative estimate of drug-likeness (QED) is 0.854. The van der Waals surface area contributed by atoms with Crippen molar-refractivity contribution in [3.8, 4) is 0 Å². The molecular formula is C17H18N2O2S. The van der Waals surface area contributed by atoms with Crippen LogP contribution < -0.4 is 0 Å². The third-order valence-corrected chi connectivity index (χ3v) is 6.30. The van der Waals surface area contributed by atoms with Crippen molar-refractivity contribution in [1.82, 2.24) is 9.21 Å². The van der Waals surface area contributed by atoms with Crippen LogP contribution in [0.4, 0.5) is 0 Å². The van der Waals surface area contributed by atoms with Gasteiger partial charge in [-0.2, -0.15) is 4.31 Å². The van der Waals surface area contributed by atoms with Crippen molar-refractivity contribution in [3.05, 3.63) is 71.3 Å². The Bertz CT molecular complexity index is 789. The van der Waals surface area contributed by atoms with Gasteiger partial charge in [-0.1, -0.05) is 54.6 Å². The van der Waals surface area contributed by atoms with Crippen LogP contribution in [-0.2, 0) is 23.1 Å². The number of benzene rings is 2. The van der Waals surface area contributed by atoms with Gasteiger partial charge >= 0.3 is 0 Å². The van der Waals surface area contributed by atoms with E-state index >= 15 is 0 Å². The molecule has 0 spiro atoms. The summed E-state index contributed by atoms with van der Waals surface area (Å²) in [6, 6.07) is 18.0. The minimum Gasteiger partial charge on any atom is -0.277 e. The topological polar surface area (TPSA) is 40.6 Å². The maximum Gasteiger partial charge on any atom is 0.217 e. The van der Waals surface area contributed by atoms with Gasteiger partial charge in [-0.25, -0.2) is 8.42 Å². The molecule has 0 saturated carbocycles. The van der Waals surface area contributed by atoms with Crippen LogP contribution in [0.5, 0.6) is 0 Å². The molecule has 0 radical (unpaired) electrons. The zero-order valence-electron chi connectivity index (χ0n) is 12.2. The summed E-state index contributed by atoms with van der Waals surface area (Å²) in [5, 5.41) is 0. The maximum absolute atomic E-state index is 12.6. The van der Waals surface area contributed by atoms with Crippen molar-refractivity contribution >= 4 is 10.0 Å². The van der Waals surface area contributed by atoms with Crippen LogP contribution in [0.1, 0.15) is 22.7 Å². The summed E-state index contributed by atoms with van der Waals surface area (Å²) in [7, 11) is -3.23. The highest BCUT2D eigenvalue weighted by molar-refractivity contribution is 7.89. The number of nitrogens with zero attached hydrogens (tertiary/aromatic N) is 2. The van der Waals surface area contributed by atoms with E-state index in [-0.39, 0.29) is 11.8 Å². The van der Waals surface area contributed by atoms with E-state index in [2.05, 4.69) is 17.0 Å². The summed E-state index contributed by atoms with van der Waals surface area (Å²) in [6.07, 6.45) is 0. The van der Waals surface area contributed by atoms with E-state index in [1.165, 1.54) is 11.1 Å². The second kappa shape index (κ2) is 5.19. The molecule has 1 unspecified atom stereocenters. The first-order chi connectivity index (χ1) is 10.6. The van der Waals surface area contributed by atoms with Crippen molar-refractivity contribution in [1.29, 1.82) is 0 Å². The minimum atomic E-state index is -3.23. The van der Waals surface area contributed by atoms with E-state index in [0.29, 0.717) is 13.2 Å². The van der Waals surface area contributed by atoms with Crippen LogP contribution in [0.25, 0.3) is 0 Å². The van der Waals surface area contributed by atoms with Crippen molar-refractivity contribution < 1.29 is 8.42 Å². The van der Waals surface area contributed by atoms with Gasteiger partial charge in [0.05, 0.1) is 18.5 Å². The van der Waals surface area contributed by atoms with E-state index in [0.717, 1.165) is 12.1 Å². The molecule has 0 N–H and O–H groups in total. The van der Waals surface area contributed by atoms with Gasteiger partial charge in [0.1, 0.15) is 0 Å². The Hall–Kier alpha value is -1.69. The summed E-state index contributed by atoms with van der Waals surface area (Å²) < 4.78 is 26.9. The van der Waals surface area contributed by atoms with Crippen LogP contribution in [0.2, 0.25) is 0 Å². The van der Waals surface area contributed by atoms with Crippen LogP contribution in [0.15, 0.2) is 54.6 Å². The lowest BCUT2D eigenvalue weighted by molar-refractivity contribution is 0.137. The third kappa shape index (κ3) is 2.35. The molecule has 22 heavy (non-hydrogen) atoms. The standard InChI is InChI=1S/C17H18N2O2S/c20-22(21)12-17-16-9-5-4-8-15(16)11-18(17)13-19(22)10-14-6-2-1-3-7-14/h1-9,17H,10-13H2.